The van der Waals surface area contributed by atoms with E-state index in [4.69, 9.17) is 0 Å². The zero-order valence-corrected chi connectivity index (χ0v) is 12.0. The number of nitrogens with one attached hydrogen (secondary N) is 1. The Kier molecular flexibility index (Phi) is 5.02. The number of aliphatic hydroxyl groups is 1. The Morgan fingerprint density at radius 2 is 1.70 bits per heavy atom. The molecule has 0 aromatic rings. The Labute approximate surface area is 119 Å². The first-order valence-electron chi connectivity index (χ1n) is 7.72. The van der Waals surface area contributed by atoms with Crippen molar-refractivity contribution in [1.82, 2.24) is 5.32 Å². The molecule has 0 aromatic heterocycles. The highest BCUT2D eigenvalue weighted by Crippen LogP contribution is 2.38. The lowest BCUT2D eigenvalue weighted by Crippen LogP contribution is -2.43. The highest BCUT2D eigenvalue weighted by molar-refractivity contribution is 5.85. The molecule has 3 unspecified atom stereocenters. The first-order valence-corrected chi connectivity index (χ1v) is 7.72. The van der Waals surface area contributed by atoms with Gasteiger partial charge in [-0.15, -0.1) is 0 Å². The minimum absolute atomic E-state index is 0.0982. The molecule has 0 heterocycles. The molecule has 20 heavy (non-hydrogen) atoms. The lowest BCUT2D eigenvalue weighted by atomic mass is 9.91. The smallest absolute Gasteiger partial charge is 0.307 e. The van der Waals surface area contributed by atoms with Crippen molar-refractivity contribution in [1.29, 1.82) is 0 Å². The van der Waals surface area contributed by atoms with Crippen molar-refractivity contribution in [2.45, 2.75) is 64.0 Å². The summed E-state index contributed by atoms with van der Waals surface area (Å²) < 4.78 is 0. The topological polar surface area (TPSA) is 86.6 Å². The molecule has 2 aliphatic rings. The van der Waals surface area contributed by atoms with Gasteiger partial charge in [0.05, 0.1) is 17.9 Å². The number of hydrogen-bond acceptors (Lipinski definition) is 3. The van der Waals surface area contributed by atoms with E-state index >= 15 is 0 Å². The summed E-state index contributed by atoms with van der Waals surface area (Å²) in [7, 11) is 0. The summed E-state index contributed by atoms with van der Waals surface area (Å²) >= 11 is 0. The van der Waals surface area contributed by atoms with Gasteiger partial charge in [0, 0.05) is 6.04 Å². The summed E-state index contributed by atoms with van der Waals surface area (Å²) in [5.41, 5.74) is 0. The van der Waals surface area contributed by atoms with Crippen molar-refractivity contribution in [3.05, 3.63) is 0 Å². The van der Waals surface area contributed by atoms with Crippen molar-refractivity contribution >= 4 is 11.9 Å². The predicted octanol–water partition coefficient (Wildman–Crippen LogP) is 1.54. The Bertz CT molecular complexity index is 363. The highest BCUT2D eigenvalue weighted by atomic mass is 16.4. The lowest BCUT2D eigenvalue weighted by Gasteiger charge is -2.28. The van der Waals surface area contributed by atoms with Gasteiger partial charge in [0.1, 0.15) is 0 Å². The molecule has 0 aliphatic heterocycles. The van der Waals surface area contributed by atoms with Crippen LogP contribution < -0.4 is 5.32 Å². The van der Waals surface area contributed by atoms with Crippen LogP contribution in [0.5, 0.6) is 0 Å². The molecule has 0 radical (unpaired) electrons. The fraction of sp³-hybridized carbons (Fsp3) is 0.867. The van der Waals surface area contributed by atoms with Crippen LogP contribution in [0.2, 0.25) is 0 Å². The van der Waals surface area contributed by atoms with Crippen molar-refractivity contribution in [2.24, 2.45) is 17.8 Å². The van der Waals surface area contributed by atoms with Crippen molar-refractivity contribution in [2.75, 3.05) is 0 Å². The highest BCUT2D eigenvalue weighted by Gasteiger charge is 2.42. The van der Waals surface area contributed by atoms with E-state index in [1.54, 1.807) is 0 Å². The van der Waals surface area contributed by atoms with Crippen molar-refractivity contribution in [3.63, 3.8) is 0 Å². The van der Waals surface area contributed by atoms with Crippen LogP contribution >= 0.6 is 0 Å². The maximum absolute atomic E-state index is 12.3. The van der Waals surface area contributed by atoms with E-state index in [1.807, 2.05) is 6.92 Å². The number of carboxylic acid groups (broad SMARTS) is 1. The molecule has 0 saturated heterocycles. The average Bonchev–Trinajstić information content (AvgIpc) is 2.86. The van der Waals surface area contributed by atoms with Crippen LogP contribution in [0.4, 0.5) is 0 Å². The van der Waals surface area contributed by atoms with E-state index in [2.05, 4.69) is 5.32 Å². The van der Waals surface area contributed by atoms with Gasteiger partial charge in [0.15, 0.2) is 0 Å². The van der Waals surface area contributed by atoms with Gasteiger partial charge in [-0.2, -0.15) is 0 Å². The summed E-state index contributed by atoms with van der Waals surface area (Å²) in [6.07, 6.45) is 5.00. The van der Waals surface area contributed by atoms with Crippen molar-refractivity contribution < 1.29 is 19.8 Å². The number of amides is 1. The van der Waals surface area contributed by atoms with Crippen LogP contribution in [-0.4, -0.2) is 34.2 Å². The quantitative estimate of drug-likeness (QED) is 0.730. The Hall–Kier alpha value is -1.10. The van der Waals surface area contributed by atoms with E-state index in [0.717, 1.165) is 32.1 Å². The summed E-state index contributed by atoms with van der Waals surface area (Å²) in [5.74, 6) is -1.52. The predicted molar refractivity (Wildman–Crippen MR) is 74.0 cm³/mol. The molecule has 2 rings (SSSR count). The molecular weight excluding hydrogens is 258 g/mol. The molecule has 2 saturated carbocycles. The van der Waals surface area contributed by atoms with Gasteiger partial charge in [-0.25, -0.2) is 0 Å². The first kappa shape index (κ1) is 15.3. The maximum atomic E-state index is 12.3. The Balaban J connectivity index is 1.91. The molecule has 5 heteroatoms. The summed E-state index contributed by atoms with van der Waals surface area (Å²) in [6.45, 7) is 2.05. The van der Waals surface area contributed by atoms with Crippen LogP contribution in [0.25, 0.3) is 0 Å². The number of aliphatic carboxylic acids is 1. The SMILES string of the molecule is CCC1CC(C(=O)O)C(C(=O)NC2CCC(O)CC2)C1. The lowest BCUT2D eigenvalue weighted by molar-refractivity contribution is -0.146. The number of carbonyl (C=O) groups is 2. The van der Waals surface area contributed by atoms with Gasteiger partial charge < -0.3 is 15.5 Å². The Morgan fingerprint density at radius 1 is 1.10 bits per heavy atom. The zero-order valence-electron chi connectivity index (χ0n) is 12.0. The number of carbonyl (C=O) groups excluding carboxylic acids is 1. The molecule has 5 nitrogen and oxygen atoms in total. The van der Waals surface area contributed by atoms with E-state index in [-0.39, 0.29) is 24.0 Å². The standard InChI is InChI=1S/C15H25NO4/c1-2-9-7-12(13(8-9)15(19)20)14(18)16-10-3-5-11(17)6-4-10/h9-13,17H,2-8H2,1H3,(H,16,18)(H,19,20). The second kappa shape index (κ2) is 6.57. The molecule has 0 bridgehead atoms. The van der Waals surface area contributed by atoms with E-state index in [0.29, 0.717) is 18.8 Å². The van der Waals surface area contributed by atoms with Gasteiger partial charge in [-0.1, -0.05) is 13.3 Å². The fourth-order valence-electron chi connectivity index (χ4n) is 3.57. The number of carboxylic acids is 1. The van der Waals surface area contributed by atoms with Gasteiger partial charge in [-0.3, -0.25) is 9.59 Å². The van der Waals surface area contributed by atoms with Gasteiger partial charge in [0.25, 0.3) is 0 Å². The summed E-state index contributed by atoms with van der Waals surface area (Å²) in [6, 6.07) is 0.0982. The number of rotatable bonds is 4. The molecule has 0 spiro atoms. The minimum Gasteiger partial charge on any atom is -0.481 e. The Morgan fingerprint density at radius 3 is 2.25 bits per heavy atom. The molecule has 1 amide bonds. The largest absolute Gasteiger partial charge is 0.481 e. The van der Waals surface area contributed by atoms with Gasteiger partial charge >= 0.3 is 5.97 Å². The molecule has 114 valence electrons. The third-order valence-electron chi connectivity index (χ3n) is 4.93. The molecule has 2 aliphatic carbocycles. The summed E-state index contributed by atoms with van der Waals surface area (Å²) in [4.78, 5) is 23.6. The normalized spacial score (nSPS) is 37.6. The number of aliphatic hydroxyl groups excluding tert-OH is 1. The molecule has 2 fully saturated rings. The fourth-order valence-corrected chi connectivity index (χ4v) is 3.57. The van der Waals surface area contributed by atoms with Crippen LogP contribution in [0, 0.1) is 17.8 Å². The monoisotopic (exact) mass is 283 g/mol. The molecular formula is C15H25NO4. The number of hydrogen-bond donors (Lipinski definition) is 3. The van der Waals surface area contributed by atoms with Gasteiger partial charge in [-0.05, 0) is 44.4 Å². The third kappa shape index (κ3) is 3.51. The molecule has 3 atom stereocenters. The van der Waals surface area contributed by atoms with Crippen molar-refractivity contribution in [3.8, 4) is 0 Å². The average molecular weight is 283 g/mol. The van der Waals surface area contributed by atoms with Crippen LogP contribution in [0.3, 0.4) is 0 Å². The van der Waals surface area contributed by atoms with Crippen LogP contribution in [0.15, 0.2) is 0 Å². The second-order valence-corrected chi connectivity index (χ2v) is 6.31. The van der Waals surface area contributed by atoms with Gasteiger partial charge in [0.2, 0.25) is 5.91 Å². The van der Waals surface area contributed by atoms with Crippen LogP contribution in [0.1, 0.15) is 51.9 Å². The third-order valence-corrected chi connectivity index (χ3v) is 4.93. The molecule has 3 N–H and O–H groups in total. The maximum Gasteiger partial charge on any atom is 0.307 e. The van der Waals surface area contributed by atoms with E-state index in [9.17, 15) is 19.8 Å². The molecule has 0 aromatic carbocycles. The summed E-state index contributed by atoms with van der Waals surface area (Å²) in [5, 5.41) is 21.7. The second-order valence-electron chi connectivity index (χ2n) is 6.31. The van der Waals surface area contributed by atoms with E-state index in [1.165, 1.54) is 0 Å². The zero-order chi connectivity index (χ0) is 14.7. The van der Waals surface area contributed by atoms with Crippen LogP contribution in [-0.2, 0) is 9.59 Å². The minimum atomic E-state index is -0.847. The van der Waals surface area contributed by atoms with E-state index < -0.39 is 11.9 Å². The first-order chi connectivity index (χ1) is 9.51.